The normalized spacial score (nSPS) is 20.3. The highest BCUT2D eigenvalue weighted by atomic mass is 16.5. The molecule has 0 saturated carbocycles. The highest BCUT2D eigenvalue weighted by Gasteiger charge is 2.27. The van der Waals surface area contributed by atoms with Crippen molar-refractivity contribution in [2.24, 2.45) is 5.73 Å². The van der Waals surface area contributed by atoms with E-state index in [0.29, 0.717) is 19.6 Å². The summed E-state index contributed by atoms with van der Waals surface area (Å²) < 4.78 is 5.64. The van der Waals surface area contributed by atoms with Gasteiger partial charge in [-0.25, -0.2) is 0 Å². The van der Waals surface area contributed by atoms with Gasteiger partial charge >= 0.3 is 0 Å². The summed E-state index contributed by atoms with van der Waals surface area (Å²) in [6.07, 6.45) is 3.75. The minimum absolute atomic E-state index is 0.0651. The minimum atomic E-state index is -0.411. The van der Waals surface area contributed by atoms with E-state index in [1.807, 2.05) is 30.0 Å². The predicted octanol–water partition coefficient (Wildman–Crippen LogP) is 1.97. The fourth-order valence-electron chi connectivity index (χ4n) is 2.83. The van der Waals surface area contributed by atoms with Crippen LogP contribution in [0, 0.1) is 0 Å². The molecule has 1 saturated heterocycles. The van der Waals surface area contributed by atoms with E-state index >= 15 is 0 Å². The third kappa shape index (κ3) is 4.83. The van der Waals surface area contributed by atoms with Crippen molar-refractivity contribution in [3.05, 3.63) is 35.9 Å². The van der Waals surface area contributed by atoms with Gasteiger partial charge in [0.2, 0.25) is 5.91 Å². The average molecular weight is 290 g/mol. The van der Waals surface area contributed by atoms with Crippen LogP contribution in [0.4, 0.5) is 0 Å². The number of hydrogen-bond acceptors (Lipinski definition) is 3. The fraction of sp³-hybridized carbons (Fsp3) is 0.588. The summed E-state index contributed by atoms with van der Waals surface area (Å²) in [7, 11) is 0. The second-order valence-corrected chi connectivity index (χ2v) is 5.63. The average Bonchev–Trinajstić information content (AvgIpc) is 2.53. The Morgan fingerprint density at radius 3 is 2.90 bits per heavy atom. The molecule has 1 amide bonds. The third-order valence-corrected chi connectivity index (χ3v) is 4.00. The molecule has 0 aliphatic carbocycles. The van der Waals surface area contributed by atoms with Gasteiger partial charge in [0.1, 0.15) is 0 Å². The molecule has 116 valence electrons. The molecule has 0 bridgehead atoms. The van der Waals surface area contributed by atoms with E-state index in [1.54, 1.807) is 0 Å². The first kappa shape index (κ1) is 16.0. The van der Waals surface area contributed by atoms with Gasteiger partial charge in [-0.3, -0.25) is 4.79 Å². The molecule has 2 N–H and O–H groups in total. The second kappa shape index (κ2) is 8.15. The zero-order chi connectivity index (χ0) is 15.1. The van der Waals surface area contributed by atoms with Gasteiger partial charge in [-0.15, -0.1) is 0 Å². The van der Waals surface area contributed by atoms with E-state index in [1.165, 1.54) is 5.56 Å². The summed E-state index contributed by atoms with van der Waals surface area (Å²) in [5.74, 6) is 0.0651. The van der Waals surface area contributed by atoms with E-state index in [-0.39, 0.29) is 12.0 Å². The van der Waals surface area contributed by atoms with E-state index in [2.05, 4.69) is 12.1 Å². The van der Waals surface area contributed by atoms with Crippen LogP contribution in [0.5, 0.6) is 0 Å². The van der Waals surface area contributed by atoms with E-state index in [9.17, 15) is 4.79 Å². The first-order valence-corrected chi connectivity index (χ1v) is 7.90. The molecule has 0 spiro atoms. The molecule has 4 heteroatoms. The number of aryl methyl sites for hydroxylation is 1. The van der Waals surface area contributed by atoms with Crippen molar-refractivity contribution >= 4 is 5.91 Å². The molecular formula is C17H26N2O2. The highest BCUT2D eigenvalue weighted by molar-refractivity contribution is 5.81. The maximum atomic E-state index is 12.4. The number of hydrogen-bond donors (Lipinski definition) is 1. The lowest BCUT2D eigenvalue weighted by molar-refractivity contribution is -0.136. The smallest absolute Gasteiger partial charge is 0.239 e. The number of benzene rings is 1. The molecule has 1 aromatic rings. The van der Waals surface area contributed by atoms with Gasteiger partial charge in [-0.2, -0.15) is 0 Å². The largest absolute Gasteiger partial charge is 0.377 e. The summed E-state index contributed by atoms with van der Waals surface area (Å²) in [6.45, 7) is 4.19. The van der Waals surface area contributed by atoms with Gasteiger partial charge in [0, 0.05) is 19.7 Å². The number of carbonyl (C=O) groups excluding carboxylic acids is 1. The van der Waals surface area contributed by atoms with Crippen molar-refractivity contribution in [1.29, 1.82) is 0 Å². The molecule has 1 heterocycles. The molecule has 4 nitrogen and oxygen atoms in total. The van der Waals surface area contributed by atoms with Gasteiger partial charge in [0.25, 0.3) is 0 Å². The van der Waals surface area contributed by atoms with Crippen molar-refractivity contribution in [3.8, 4) is 0 Å². The molecule has 0 aromatic heterocycles. The van der Waals surface area contributed by atoms with E-state index in [4.69, 9.17) is 10.5 Å². The topological polar surface area (TPSA) is 55.6 Å². The highest BCUT2D eigenvalue weighted by Crippen LogP contribution is 2.15. The summed E-state index contributed by atoms with van der Waals surface area (Å²) in [4.78, 5) is 14.3. The Morgan fingerprint density at radius 1 is 1.43 bits per heavy atom. The van der Waals surface area contributed by atoms with Gasteiger partial charge in [-0.05, 0) is 38.2 Å². The van der Waals surface area contributed by atoms with Crippen LogP contribution in [0.1, 0.15) is 31.7 Å². The minimum Gasteiger partial charge on any atom is -0.377 e. The number of rotatable bonds is 6. The van der Waals surface area contributed by atoms with Crippen LogP contribution in [0.25, 0.3) is 0 Å². The van der Waals surface area contributed by atoms with Crippen LogP contribution in [0.3, 0.4) is 0 Å². The van der Waals surface area contributed by atoms with Crippen LogP contribution < -0.4 is 5.73 Å². The van der Waals surface area contributed by atoms with Crippen molar-refractivity contribution in [1.82, 2.24) is 4.90 Å². The molecule has 1 unspecified atom stereocenters. The Balaban J connectivity index is 1.81. The number of ether oxygens (including phenoxy) is 1. The standard InChI is InChI=1S/C17H26N2O2/c1-2-21-15-9-6-12-19(13-15)17(20)16(18)11-10-14-7-4-3-5-8-14/h3-5,7-8,15-16H,2,6,9-13,18H2,1H3/t15?,16-/m0/s1. The Labute approximate surface area is 127 Å². The number of piperidine rings is 1. The first-order chi connectivity index (χ1) is 10.2. The molecule has 21 heavy (non-hydrogen) atoms. The van der Waals surface area contributed by atoms with E-state index < -0.39 is 6.04 Å². The molecule has 2 rings (SSSR count). The molecule has 1 fully saturated rings. The summed E-state index contributed by atoms with van der Waals surface area (Å²) in [6, 6.07) is 9.76. The second-order valence-electron chi connectivity index (χ2n) is 5.63. The fourth-order valence-corrected chi connectivity index (χ4v) is 2.83. The van der Waals surface area contributed by atoms with Crippen LogP contribution in [-0.2, 0) is 16.0 Å². The van der Waals surface area contributed by atoms with Crippen LogP contribution in [0.2, 0.25) is 0 Å². The number of likely N-dealkylation sites (tertiary alicyclic amines) is 1. The van der Waals surface area contributed by atoms with Crippen molar-refractivity contribution in [2.45, 2.75) is 44.8 Å². The van der Waals surface area contributed by atoms with Crippen LogP contribution in [0.15, 0.2) is 30.3 Å². The molecule has 2 atom stereocenters. The quantitative estimate of drug-likeness (QED) is 0.871. The zero-order valence-corrected chi connectivity index (χ0v) is 12.8. The maximum Gasteiger partial charge on any atom is 0.239 e. The first-order valence-electron chi connectivity index (χ1n) is 7.90. The van der Waals surface area contributed by atoms with Crippen molar-refractivity contribution < 1.29 is 9.53 Å². The van der Waals surface area contributed by atoms with Crippen molar-refractivity contribution in [2.75, 3.05) is 19.7 Å². The molecule has 1 aromatic carbocycles. The van der Waals surface area contributed by atoms with Gasteiger partial charge < -0.3 is 15.4 Å². The predicted molar refractivity (Wildman–Crippen MR) is 84.0 cm³/mol. The maximum absolute atomic E-state index is 12.4. The summed E-state index contributed by atoms with van der Waals surface area (Å²) in [5, 5.41) is 0. The lowest BCUT2D eigenvalue weighted by Gasteiger charge is -2.34. The molecular weight excluding hydrogens is 264 g/mol. The molecule has 0 radical (unpaired) electrons. The monoisotopic (exact) mass is 290 g/mol. The Hall–Kier alpha value is -1.39. The summed E-state index contributed by atoms with van der Waals surface area (Å²) in [5.41, 5.74) is 7.31. The Morgan fingerprint density at radius 2 is 2.19 bits per heavy atom. The van der Waals surface area contributed by atoms with Gasteiger partial charge in [0.15, 0.2) is 0 Å². The Bertz CT molecular complexity index is 434. The number of nitrogens with zero attached hydrogens (tertiary/aromatic N) is 1. The lowest BCUT2D eigenvalue weighted by Crippen LogP contribution is -2.50. The molecule has 1 aliphatic heterocycles. The summed E-state index contributed by atoms with van der Waals surface area (Å²) >= 11 is 0. The zero-order valence-electron chi connectivity index (χ0n) is 12.8. The van der Waals surface area contributed by atoms with E-state index in [0.717, 1.165) is 25.8 Å². The third-order valence-electron chi connectivity index (χ3n) is 4.00. The Kier molecular flexibility index (Phi) is 6.21. The van der Waals surface area contributed by atoms with Crippen molar-refractivity contribution in [3.63, 3.8) is 0 Å². The van der Waals surface area contributed by atoms with Crippen LogP contribution in [-0.4, -0.2) is 42.6 Å². The SMILES string of the molecule is CCOC1CCCN(C(=O)[C@@H](N)CCc2ccccc2)C1. The number of carbonyl (C=O) groups is 1. The number of nitrogens with two attached hydrogens (primary N) is 1. The lowest BCUT2D eigenvalue weighted by atomic mass is 10.0. The van der Waals surface area contributed by atoms with Gasteiger partial charge in [-0.1, -0.05) is 30.3 Å². The molecule has 1 aliphatic rings. The number of amides is 1. The van der Waals surface area contributed by atoms with Crippen LogP contribution >= 0.6 is 0 Å². The van der Waals surface area contributed by atoms with Gasteiger partial charge in [0.05, 0.1) is 12.1 Å².